The molecule has 0 aliphatic carbocycles. The number of hydrogen-bond acceptors (Lipinski definition) is 4. The first-order valence-corrected chi connectivity index (χ1v) is 9.08. The van der Waals surface area contributed by atoms with Crippen LogP contribution in [0.4, 0.5) is 0 Å². The van der Waals surface area contributed by atoms with Gasteiger partial charge in [0.25, 0.3) is 0 Å². The zero-order chi connectivity index (χ0) is 17.5. The van der Waals surface area contributed by atoms with E-state index in [-0.39, 0.29) is 0 Å². The molecule has 3 rings (SSSR count). The molecule has 0 saturated heterocycles. The molecule has 2 aromatic heterocycles. The summed E-state index contributed by atoms with van der Waals surface area (Å²) in [5.74, 6) is 0.684. The summed E-state index contributed by atoms with van der Waals surface area (Å²) in [6.45, 7) is 1.17. The number of hydrogen-bond donors (Lipinski definition) is 3. The number of rotatable bonds is 6. The van der Waals surface area contributed by atoms with Crippen molar-refractivity contribution in [2.45, 2.75) is 12.5 Å². The molecule has 0 spiro atoms. The van der Waals surface area contributed by atoms with Crippen molar-refractivity contribution in [2.24, 2.45) is 4.99 Å². The number of guanidine groups is 1. The monoisotopic (exact) mass is 354 g/mol. The maximum absolute atomic E-state index is 10.4. The second-order valence-corrected chi connectivity index (χ2v) is 6.81. The highest BCUT2D eigenvalue weighted by molar-refractivity contribution is 7.19. The molecule has 0 aliphatic heterocycles. The van der Waals surface area contributed by atoms with Crippen LogP contribution in [0.1, 0.15) is 16.5 Å². The van der Waals surface area contributed by atoms with Crippen molar-refractivity contribution in [3.63, 3.8) is 0 Å². The van der Waals surface area contributed by atoms with Gasteiger partial charge in [0, 0.05) is 42.1 Å². The third-order valence-electron chi connectivity index (χ3n) is 3.89. The van der Waals surface area contributed by atoms with Crippen molar-refractivity contribution in [1.29, 1.82) is 0 Å². The Kier molecular flexibility index (Phi) is 5.98. The van der Waals surface area contributed by atoms with E-state index in [1.165, 1.54) is 15.6 Å². The quantitative estimate of drug-likeness (QED) is 0.470. The molecular weight excluding hydrogens is 332 g/mol. The van der Waals surface area contributed by atoms with Gasteiger partial charge < -0.3 is 15.7 Å². The van der Waals surface area contributed by atoms with Crippen molar-refractivity contribution in [3.8, 4) is 0 Å². The van der Waals surface area contributed by atoms with Gasteiger partial charge >= 0.3 is 0 Å². The summed E-state index contributed by atoms with van der Waals surface area (Å²) < 4.78 is 1.19. The van der Waals surface area contributed by atoms with Crippen LogP contribution in [0.25, 0.3) is 10.1 Å². The summed E-state index contributed by atoms with van der Waals surface area (Å²) in [5, 5.41) is 18.0. The van der Waals surface area contributed by atoms with Gasteiger partial charge in [0.1, 0.15) is 6.10 Å². The van der Waals surface area contributed by atoms with Gasteiger partial charge in [-0.15, -0.1) is 11.3 Å². The molecule has 6 heteroatoms. The zero-order valence-corrected chi connectivity index (χ0v) is 15.0. The van der Waals surface area contributed by atoms with Crippen LogP contribution in [0.15, 0.2) is 59.9 Å². The molecule has 0 saturated carbocycles. The van der Waals surface area contributed by atoms with E-state index in [0.717, 1.165) is 17.8 Å². The molecule has 1 unspecified atom stereocenters. The van der Waals surface area contributed by atoms with Crippen molar-refractivity contribution < 1.29 is 5.11 Å². The summed E-state index contributed by atoms with van der Waals surface area (Å²) >= 11 is 1.62. The molecule has 3 aromatic rings. The van der Waals surface area contributed by atoms with Crippen LogP contribution < -0.4 is 10.6 Å². The zero-order valence-electron chi connectivity index (χ0n) is 14.1. The Morgan fingerprint density at radius 1 is 1.24 bits per heavy atom. The van der Waals surface area contributed by atoms with Gasteiger partial charge in [-0.1, -0.05) is 24.3 Å². The Labute approximate surface area is 151 Å². The average molecular weight is 354 g/mol. The normalized spacial score (nSPS) is 13.0. The first-order valence-electron chi connectivity index (χ1n) is 8.26. The summed E-state index contributed by atoms with van der Waals surface area (Å²) in [6, 6.07) is 14.2. The highest BCUT2D eigenvalue weighted by Crippen LogP contribution is 2.29. The van der Waals surface area contributed by atoms with E-state index >= 15 is 0 Å². The van der Waals surface area contributed by atoms with Crippen molar-refractivity contribution in [2.75, 3.05) is 20.1 Å². The molecule has 25 heavy (non-hydrogen) atoms. The molecular formula is C19H22N4OS. The summed E-state index contributed by atoms with van der Waals surface area (Å²) in [7, 11) is 1.73. The fourth-order valence-electron chi connectivity index (χ4n) is 2.55. The third-order valence-corrected chi connectivity index (χ3v) is 5.11. The van der Waals surface area contributed by atoms with Gasteiger partial charge in [0.2, 0.25) is 0 Å². The Bertz CT molecular complexity index is 799. The lowest BCUT2D eigenvalue weighted by atomic mass is 10.2. The minimum atomic E-state index is -0.561. The van der Waals surface area contributed by atoms with E-state index in [1.54, 1.807) is 24.6 Å². The predicted octanol–water partition coefficient (Wildman–Crippen LogP) is 2.74. The Morgan fingerprint density at radius 3 is 2.88 bits per heavy atom. The predicted molar refractivity (Wildman–Crippen MR) is 104 cm³/mol. The SMILES string of the molecule is CN=C(NCCc1cccnc1)NCC(O)c1cc2ccccc2s1. The van der Waals surface area contributed by atoms with Crippen LogP contribution >= 0.6 is 11.3 Å². The number of aliphatic imine (C=N–C) groups is 1. The lowest BCUT2D eigenvalue weighted by Crippen LogP contribution is -2.40. The summed E-state index contributed by atoms with van der Waals surface area (Å²) in [5.41, 5.74) is 1.18. The van der Waals surface area contributed by atoms with Gasteiger partial charge in [-0.25, -0.2) is 0 Å². The number of benzene rings is 1. The van der Waals surface area contributed by atoms with Gasteiger partial charge in [0.15, 0.2) is 5.96 Å². The fourth-order valence-corrected chi connectivity index (χ4v) is 3.60. The van der Waals surface area contributed by atoms with Crippen LogP contribution in [0.3, 0.4) is 0 Å². The second-order valence-electron chi connectivity index (χ2n) is 5.69. The van der Waals surface area contributed by atoms with Gasteiger partial charge in [-0.05, 0) is 35.6 Å². The number of aliphatic hydroxyl groups is 1. The van der Waals surface area contributed by atoms with E-state index in [4.69, 9.17) is 0 Å². The number of aliphatic hydroxyl groups excluding tert-OH is 1. The lowest BCUT2D eigenvalue weighted by Gasteiger charge is -2.14. The lowest BCUT2D eigenvalue weighted by molar-refractivity contribution is 0.184. The Balaban J connectivity index is 1.48. The number of pyridine rings is 1. The van der Waals surface area contributed by atoms with Gasteiger partial charge in [0.05, 0.1) is 0 Å². The topological polar surface area (TPSA) is 69.5 Å². The van der Waals surface area contributed by atoms with Gasteiger partial charge in [-0.2, -0.15) is 0 Å². The molecule has 0 fully saturated rings. The number of aromatic nitrogens is 1. The Morgan fingerprint density at radius 2 is 2.12 bits per heavy atom. The van der Waals surface area contributed by atoms with Crippen LogP contribution in [0.2, 0.25) is 0 Å². The van der Waals surface area contributed by atoms with Crippen LogP contribution in [0, 0.1) is 0 Å². The van der Waals surface area contributed by atoms with E-state index in [0.29, 0.717) is 12.5 Å². The van der Waals surface area contributed by atoms with E-state index < -0.39 is 6.10 Å². The Hall–Kier alpha value is -2.44. The minimum Gasteiger partial charge on any atom is -0.386 e. The first kappa shape index (κ1) is 17.4. The number of thiophene rings is 1. The van der Waals surface area contributed by atoms with Gasteiger partial charge in [-0.3, -0.25) is 9.98 Å². The molecule has 1 aromatic carbocycles. The minimum absolute atomic E-state index is 0.416. The smallest absolute Gasteiger partial charge is 0.191 e. The number of nitrogens with one attached hydrogen (secondary N) is 2. The van der Waals surface area contributed by atoms with E-state index in [2.05, 4.69) is 38.8 Å². The van der Waals surface area contributed by atoms with Crippen LogP contribution in [-0.4, -0.2) is 36.2 Å². The largest absolute Gasteiger partial charge is 0.386 e. The maximum atomic E-state index is 10.4. The number of nitrogens with zero attached hydrogens (tertiary/aromatic N) is 2. The van der Waals surface area contributed by atoms with E-state index in [9.17, 15) is 5.11 Å². The highest BCUT2D eigenvalue weighted by atomic mass is 32.1. The molecule has 1 atom stereocenters. The molecule has 0 radical (unpaired) electrons. The van der Waals surface area contributed by atoms with Crippen LogP contribution in [-0.2, 0) is 6.42 Å². The fraction of sp³-hybridized carbons (Fsp3) is 0.263. The molecule has 3 N–H and O–H groups in total. The molecule has 2 heterocycles. The van der Waals surface area contributed by atoms with Crippen molar-refractivity contribution in [3.05, 3.63) is 65.3 Å². The first-order chi connectivity index (χ1) is 12.3. The molecule has 5 nitrogen and oxygen atoms in total. The average Bonchev–Trinajstić information content (AvgIpc) is 3.09. The third kappa shape index (κ3) is 4.78. The maximum Gasteiger partial charge on any atom is 0.191 e. The second kappa shape index (κ2) is 8.60. The number of fused-ring (bicyclic) bond motifs is 1. The molecule has 0 amide bonds. The van der Waals surface area contributed by atoms with Crippen LogP contribution in [0.5, 0.6) is 0 Å². The summed E-state index contributed by atoms with van der Waals surface area (Å²) in [4.78, 5) is 9.26. The van der Waals surface area contributed by atoms with Crippen molar-refractivity contribution in [1.82, 2.24) is 15.6 Å². The molecule has 0 bridgehead atoms. The standard InChI is InChI=1S/C19H22N4OS/c1-20-19(22-10-8-14-5-4-9-21-12-14)23-13-16(24)18-11-15-6-2-3-7-17(15)25-18/h2-7,9,11-12,16,24H,8,10,13H2,1H3,(H2,20,22,23). The summed E-state index contributed by atoms with van der Waals surface area (Å²) in [6.07, 6.45) is 3.94. The van der Waals surface area contributed by atoms with Crippen molar-refractivity contribution >= 4 is 27.4 Å². The highest BCUT2D eigenvalue weighted by Gasteiger charge is 2.12. The van der Waals surface area contributed by atoms with E-state index in [1.807, 2.05) is 30.5 Å². The molecule has 0 aliphatic rings. The molecule has 130 valence electrons.